The molecule has 0 aromatic heterocycles. The van der Waals surface area contributed by atoms with Gasteiger partial charge in [0.2, 0.25) is 0 Å². The van der Waals surface area contributed by atoms with Gasteiger partial charge >= 0.3 is 5.97 Å². The smallest absolute Gasteiger partial charge is 0.317 e. The Labute approximate surface area is 231 Å². The number of methoxy groups -OCH3 is 1. The lowest BCUT2D eigenvalue weighted by molar-refractivity contribution is -0.161. The molecule has 1 heterocycles. The molecule has 8 heteroatoms. The van der Waals surface area contributed by atoms with Crippen molar-refractivity contribution in [1.82, 2.24) is 0 Å². The van der Waals surface area contributed by atoms with Crippen LogP contribution in [0.5, 0.6) is 11.5 Å². The van der Waals surface area contributed by atoms with Crippen LogP contribution < -0.4 is 14.4 Å². The highest BCUT2D eigenvalue weighted by Crippen LogP contribution is 2.60. The van der Waals surface area contributed by atoms with E-state index in [1.54, 1.807) is 29.8 Å². The molecule has 37 heavy (non-hydrogen) atoms. The number of rotatable bonds is 6. The summed E-state index contributed by atoms with van der Waals surface area (Å²) < 4.78 is 12.1. The molecule has 4 saturated carbocycles. The third kappa shape index (κ3) is 4.61. The van der Waals surface area contributed by atoms with E-state index in [2.05, 4.69) is 0 Å². The van der Waals surface area contributed by atoms with Crippen LogP contribution in [-0.4, -0.2) is 29.6 Å². The van der Waals surface area contributed by atoms with E-state index in [1.807, 2.05) is 48.7 Å². The quantitative estimate of drug-likeness (QED) is 0.127. The van der Waals surface area contributed by atoms with Crippen LogP contribution in [0.2, 0.25) is 0 Å². The van der Waals surface area contributed by atoms with Crippen LogP contribution in [0, 0.1) is 23.2 Å². The van der Waals surface area contributed by atoms with Crippen LogP contribution in [0.15, 0.2) is 52.3 Å². The number of thioether (sulfide) groups is 2. The first-order valence-corrected chi connectivity index (χ1v) is 15.1. The van der Waals surface area contributed by atoms with Crippen molar-refractivity contribution < 1.29 is 19.1 Å². The van der Waals surface area contributed by atoms with E-state index in [9.17, 15) is 9.59 Å². The lowest BCUT2D eigenvalue weighted by atomic mass is 9.49. The van der Waals surface area contributed by atoms with E-state index in [1.165, 1.54) is 31.0 Å². The van der Waals surface area contributed by atoms with Gasteiger partial charge in [-0.3, -0.25) is 14.5 Å². The number of carbonyl (C=O) groups excluding carboxylic acids is 2. The number of ether oxygens (including phenoxy) is 2. The van der Waals surface area contributed by atoms with Crippen molar-refractivity contribution in [3.63, 3.8) is 0 Å². The van der Waals surface area contributed by atoms with E-state index in [0.717, 1.165) is 35.4 Å². The second kappa shape index (κ2) is 9.79. The Morgan fingerprint density at radius 2 is 1.78 bits per heavy atom. The van der Waals surface area contributed by atoms with Gasteiger partial charge in [-0.1, -0.05) is 36.1 Å². The van der Waals surface area contributed by atoms with Crippen molar-refractivity contribution >= 4 is 63.7 Å². The highest BCUT2D eigenvalue weighted by Gasteiger charge is 2.55. The number of hydrogen-bond acceptors (Lipinski definition) is 7. The largest absolute Gasteiger partial charge is 0.493 e. The summed E-state index contributed by atoms with van der Waals surface area (Å²) in [4.78, 5) is 29.9. The van der Waals surface area contributed by atoms with Gasteiger partial charge in [0.25, 0.3) is 5.91 Å². The average molecular weight is 552 g/mol. The lowest BCUT2D eigenvalue weighted by Gasteiger charge is -2.55. The minimum Gasteiger partial charge on any atom is -0.493 e. The maximum atomic E-state index is 13.4. The fourth-order valence-electron chi connectivity index (χ4n) is 7.02. The van der Waals surface area contributed by atoms with Crippen LogP contribution in [0.3, 0.4) is 0 Å². The Bertz CT molecular complexity index is 1280. The molecule has 5 nitrogen and oxygen atoms in total. The second-order valence-corrected chi connectivity index (χ2v) is 13.3. The van der Waals surface area contributed by atoms with E-state index in [0.29, 0.717) is 38.5 Å². The molecule has 192 valence electrons. The molecular formula is C29H29NO4S3. The van der Waals surface area contributed by atoms with Crippen molar-refractivity contribution in [1.29, 1.82) is 0 Å². The minimum absolute atomic E-state index is 0.106. The molecule has 0 atom stereocenters. The Hall–Kier alpha value is -2.29. The molecule has 0 unspecified atom stereocenters. The fourth-order valence-corrected chi connectivity index (χ4v) is 8.77. The standard InChI is InChI=1S/C29H29NO4S3/c1-33-24-11-17(12-25-26(31)30(28(35)37-25)21-4-3-5-22(13-21)36-2)6-7-23(24)34-27(32)29-14-18-8-19(15-29)10-20(9-18)16-29/h3-7,11-13,18-20H,8-10,14-16H2,1-2H3/b25-12-. The molecule has 1 amide bonds. The highest BCUT2D eigenvalue weighted by atomic mass is 32.2. The molecule has 0 radical (unpaired) electrons. The van der Waals surface area contributed by atoms with Crippen LogP contribution in [0.4, 0.5) is 5.69 Å². The summed E-state index contributed by atoms with van der Waals surface area (Å²) in [5.41, 5.74) is 1.21. The Morgan fingerprint density at radius 1 is 1.08 bits per heavy atom. The zero-order valence-electron chi connectivity index (χ0n) is 20.9. The number of esters is 1. The molecule has 5 fully saturated rings. The first kappa shape index (κ1) is 25.0. The van der Waals surface area contributed by atoms with E-state index in [4.69, 9.17) is 21.7 Å². The third-order valence-corrected chi connectivity index (χ3v) is 10.3. The molecule has 7 rings (SSSR count). The van der Waals surface area contributed by atoms with Gasteiger partial charge in [0.1, 0.15) is 0 Å². The van der Waals surface area contributed by atoms with Gasteiger partial charge in [0, 0.05) is 4.90 Å². The average Bonchev–Trinajstić information content (AvgIpc) is 3.16. The van der Waals surface area contributed by atoms with Gasteiger partial charge < -0.3 is 9.47 Å². The van der Waals surface area contributed by atoms with Crippen molar-refractivity contribution in [2.75, 3.05) is 18.3 Å². The van der Waals surface area contributed by atoms with E-state index >= 15 is 0 Å². The van der Waals surface area contributed by atoms with Gasteiger partial charge in [-0.2, -0.15) is 0 Å². The van der Waals surface area contributed by atoms with Gasteiger partial charge in [-0.25, -0.2) is 0 Å². The second-order valence-electron chi connectivity index (χ2n) is 10.7. The summed E-state index contributed by atoms with van der Waals surface area (Å²) in [6, 6.07) is 13.2. The minimum atomic E-state index is -0.333. The predicted octanol–water partition coefficient (Wildman–Crippen LogP) is 6.94. The number of thiocarbonyl (C=S) groups is 1. The summed E-state index contributed by atoms with van der Waals surface area (Å²) in [5, 5.41) is 0. The normalized spacial score (nSPS) is 29.3. The van der Waals surface area contributed by atoms with Crippen molar-refractivity contribution in [3.8, 4) is 11.5 Å². The summed E-state index contributed by atoms with van der Waals surface area (Å²) >= 11 is 8.44. The number of nitrogens with zero attached hydrogens (tertiary/aromatic N) is 1. The molecular weight excluding hydrogens is 523 g/mol. The Kier molecular flexibility index (Phi) is 6.62. The Morgan fingerprint density at radius 3 is 2.43 bits per heavy atom. The fraction of sp³-hybridized carbons (Fsp3) is 0.414. The molecule has 2 aromatic rings. The molecule has 1 saturated heterocycles. The summed E-state index contributed by atoms with van der Waals surface area (Å²) in [7, 11) is 1.57. The Balaban J connectivity index is 1.21. The summed E-state index contributed by atoms with van der Waals surface area (Å²) in [6.07, 6.45) is 10.5. The molecule has 4 aliphatic carbocycles. The summed E-state index contributed by atoms with van der Waals surface area (Å²) in [5.74, 6) is 2.67. The van der Waals surface area contributed by atoms with E-state index < -0.39 is 0 Å². The van der Waals surface area contributed by atoms with Crippen LogP contribution in [0.1, 0.15) is 44.1 Å². The van der Waals surface area contributed by atoms with Crippen molar-refractivity contribution in [3.05, 3.63) is 52.9 Å². The zero-order chi connectivity index (χ0) is 25.7. The first-order chi connectivity index (χ1) is 17.9. The maximum Gasteiger partial charge on any atom is 0.317 e. The van der Waals surface area contributed by atoms with Gasteiger partial charge in [0.15, 0.2) is 15.8 Å². The third-order valence-electron chi connectivity index (χ3n) is 8.26. The lowest BCUT2D eigenvalue weighted by Crippen LogP contribution is -2.51. The number of hydrogen-bond donors (Lipinski definition) is 0. The van der Waals surface area contributed by atoms with Gasteiger partial charge in [0.05, 0.1) is 23.1 Å². The number of anilines is 1. The van der Waals surface area contributed by atoms with Crippen LogP contribution in [0.25, 0.3) is 6.08 Å². The predicted molar refractivity (Wildman–Crippen MR) is 153 cm³/mol. The topological polar surface area (TPSA) is 55.8 Å². The first-order valence-electron chi connectivity index (χ1n) is 12.7. The van der Waals surface area contributed by atoms with Crippen molar-refractivity contribution in [2.24, 2.45) is 23.2 Å². The van der Waals surface area contributed by atoms with E-state index in [-0.39, 0.29) is 17.3 Å². The van der Waals surface area contributed by atoms with Gasteiger partial charge in [-0.05, 0) is 105 Å². The molecule has 1 aliphatic heterocycles. The van der Waals surface area contributed by atoms with Crippen molar-refractivity contribution in [2.45, 2.75) is 43.4 Å². The number of amides is 1. The van der Waals surface area contributed by atoms with Crippen LogP contribution in [-0.2, 0) is 9.59 Å². The van der Waals surface area contributed by atoms with Crippen LogP contribution >= 0.6 is 35.7 Å². The monoisotopic (exact) mass is 551 g/mol. The number of benzene rings is 2. The zero-order valence-corrected chi connectivity index (χ0v) is 23.3. The maximum absolute atomic E-state index is 13.4. The molecule has 2 aromatic carbocycles. The highest BCUT2D eigenvalue weighted by molar-refractivity contribution is 8.27. The summed E-state index contributed by atoms with van der Waals surface area (Å²) in [6.45, 7) is 0. The molecule has 0 N–H and O–H groups in total. The van der Waals surface area contributed by atoms with Gasteiger partial charge in [-0.15, -0.1) is 11.8 Å². The molecule has 0 spiro atoms. The molecule has 4 bridgehead atoms. The number of carbonyl (C=O) groups is 2. The molecule has 5 aliphatic rings. The SMILES string of the molecule is COc1cc(/C=C2\SC(=S)N(c3cccc(SC)c3)C2=O)ccc1OC(=O)C12CC3CC(CC(C3)C1)C2.